The second-order valence-electron chi connectivity index (χ2n) is 12.5. The first-order valence-electron chi connectivity index (χ1n) is 15.0. The van der Waals surface area contributed by atoms with Gasteiger partial charge in [-0.3, -0.25) is 14.4 Å². The summed E-state index contributed by atoms with van der Waals surface area (Å²) < 4.78 is 6.97. The van der Waals surface area contributed by atoms with Crippen molar-refractivity contribution < 1.29 is 24.2 Å². The third kappa shape index (κ3) is 5.03. The van der Waals surface area contributed by atoms with E-state index in [9.17, 15) is 19.5 Å². The van der Waals surface area contributed by atoms with Crippen molar-refractivity contribution >= 4 is 23.4 Å². The lowest BCUT2D eigenvalue weighted by Crippen LogP contribution is -2.60. The summed E-state index contributed by atoms with van der Waals surface area (Å²) in [6, 6.07) is 7.76. The summed E-state index contributed by atoms with van der Waals surface area (Å²) in [5.41, 5.74) is -1.29. The Hall–Kier alpha value is -2.97. The maximum absolute atomic E-state index is 14.7. The molecule has 1 aromatic carbocycles. The quantitative estimate of drug-likeness (QED) is 0.362. The lowest BCUT2D eigenvalue weighted by Gasteiger charge is -2.41. The van der Waals surface area contributed by atoms with Crippen molar-refractivity contribution in [3.05, 3.63) is 55.6 Å². The van der Waals surface area contributed by atoms with Crippen LogP contribution in [0.15, 0.2) is 55.6 Å². The Bertz CT molecular complexity index is 1150. The van der Waals surface area contributed by atoms with E-state index in [1.165, 1.54) is 0 Å². The maximum atomic E-state index is 14.7. The van der Waals surface area contributed by atoms with Crippen molar-refractivity contribution in [2.45, 2.75) is 89.6 Å². The van der Waals surface area contributed by atoms with E-state index in [-0.39, 0.29) is 42.8 Å². The third-order valence-corrected chi connectivity index (χ3v) is 9.34. The average molecular weight is 566 g/mol. The van der Waals surface area contributed by atoms with Gasteiger partial charge in [0.25, 0.3) is 0 Å². The number of anilines is 1. The molecule has 2 bridgehead atoms. The molecule has 4 rings (SSSR count). The van der Waals surface area contributed by atoms with Crippen molar-refractivity contribution in [2.24, 2.45) is 17.8 Å². The summed E-state index contributed by atoms with van der Waals surface area (Å²) in [6.07, 6.45) is 5.52. The van der Waals surface area contributed by atoms with Gasteiger partial charge in [0.2, 0.25) is 17.7 Å². The summed E-state index contributed by atoms with van der Waals surface area (Å²) in [6.45, 7) is 18.0. The highest BCUT2D eigenvalue weighted by molar-refractivity contribution is 6.03. The molecule has 3 fully saturated rings. The molecule has 3 aliphatic rings. The lowest BCUT2D eigenvalue weighted by atomic mass is 9.64. The topological polar surface area (TPSA) is 90.4 Å². The molecular formula is C33H47N3O5. The average Bonchev–Trinajstić information content (AvgIpc) is 3.56. The molecule has 8 heteroatoms. The molecule has 0 aliphatic carbocycles. The van der Waals surface area contributed by atoms with Crippen LogP contribution < -0.4 is 4.90 Å². The van der Waals surface area contributed by atoms with E-state index in [0.717, 1.165) is 5.69 Å². The van der Waals surface area contributed by atoms with Crippen LogP contribution in [0.1, 0.15) is 60.3 Å². The standard InChI is InChI=1S/C33H47N3O5/c1-8-18-34(23(6)7)31(40)28-33-17-16-32(10-3,41-33)26(27(33)30(39)36(28)25(21-37)20-22(4)5)29(38)35(19-9-2)24-14-12-11-13-15-24/h8-9,11-15,22-23,25-28,37H,1-2,10,16-21H2,3-7H3/t25-,26-,27+,28?,32+,33?/m1/s1. The highest BCUT2D eigenvalue weighted by Gasteiger charge is 2.79. The normalized spacial score (nSPS) is 29.1. The lowest BCUT2D eigenvalue weighted by molar-refractivity contribution is -0.157. The van der Waals surface area contributed by atoms with E-state index in [0.29, 0.717) is 32.2 Å². The van der Waals surface area contributed by atoms with Gasteiger partial charge < -0.3 is 24.5 Å². The predicted molar refractivity (Wildman–Crippen MR) is 160 cm³/mol. The fraction of sp³-hybridized carbons (Fsp3) is 0.606. The molecule has 1 spiro atoms. The number of hydrogen-bond donors (Lipinski definition) is 1. The van der Waals surface area contributed by atoms with Crippen LogP contribution in [0.25, 0.3) is 0 Å². The Labute approximate surface area is 245 Å². The van der Waals surface area contributed by atoms with Crippen molar-refractivity contribution in [2.75, 3.05) is 24.6 Å². The van der Waals surface area contributed by atoms with E-state index in [2.05, 4.69) is 13.2 Å². The first-order valence-corrected chi connectivity index (χ1v) is 15.0. The smallest absolute Gasteiger partial charge is 0.248 e. The zero-order valence-corrected chi connectivity index (χ0v) is 25.3. The third-order valence-electron chi connectivity index (χ3n) is 9.34. The molecule has 3 amide bonds. The summed E-state index contributed by atoms with van der Waals surface area (Å²) in [5, 5.41) is 10.6. The first kappa shape index (κ1) is 31.0. The van der Waals surface area contributed by atoms with E-state index < -0.39 is 35.1 Å². The van der Waals surface area contributed by atoms with Crippen LogP contribution in [-0.2, 0) is 19.1 Å². The van der Waals surface area contributed by atoms with Gasteiger partial charge >= 0.3 is 0 Å². The summed E-state index contributed by atoms with van der Waals surface area (Å²) >= 11 is 0. The van der Waals surface area contributed by atoms with Crippen molar-refractivity contribution in [1.82, 2.24) is 9.80 Å². The van der Waals surface area contributed by atoms with Crippen LogP contribution in [0.4, 0.5) is 5.69 Å². The van der Waals surface area contributed by atoms with Crippen LogP contribution >= 0.6 is 0 Å². The second kappa shape index (κ2) is 12.1. The Morgan fingerprint density at radius 2 is 1.76 bits per heavy atom. The number of para-hydroxylation sites is 1. The van der Waals surface area contributed by atoms with Crippen LogP contribution in [0.3, 0.4) is 0 Å². The van der Waals surface area contributed by atoms with Crippen molar-refractivity contribution in [3.63, 3.8) is 0 Å². The van der Waals surface area contributed by atoms with Gasteiger partial charge in [-0.15, -0.1) is 13.2 Å². The zero-order valence-electron chi connectivity index (χ0n) is 25.3. The van der Waals surface area contributed by atoms with Crippen LogP contribution in [-0.4, -0.2) is 81.7 Å². The zero-order chi connectivity index (χ0) is 30.1. The molecule has 6 atom stereocenters. The number of fused-ring (bicyclic) bond motifs is 1. The number of hydrogen-bond acceptors (Lipinski definition) is 5. The fourth-order valence-electron chi connectivity index (χ4n) is 7.60. The molecular weight excluding hydrogens is 518 g/mol. The molecule has 3 heterocycles. The number of ether oxygens (including phenoxy) is 1. The monoisotopic (exact) mass is 565 g/mol. The number of aliphatic hydroxyl groups is 1. The maximum Gasteiger partial charge on any atom is 0.248 e. The highest BCUT2D eigenvalue weighted by Crippen LogP contribution is 2.65. The van der Waals surface area contributed by atoms with Gasteiger partial charge in [0.15, 0.2) is 0 Å². The molecule has 2 unspecified atom stereocenters. The number of amides is 3. The second-order valence-corrected chi connectivity index (χ2v) is 12.5. The molecule has 0 radical (unpaired) electrons. The molecule has 3 aliphatic heterocycles. The molecule has 1 aromatic rings. The highest BCUT2D eigenvalue weighted by atomic mass is 16.5. The molecule has 224 valence electrons. The van der Waals surface area contributed by atoms with Gasteiger partial charge in [0.1, 0.15) is 11.6 Å². The number of carbonyl (C=O) groups excluding carboxylic acids is 3. The Morgan fingerprint density at radius 1 is 1.10 bits per heavy atom. The Morgan fingerprint density at radius 3 is 2.29 bits per heavy atom. The van der Waals surface area contributed by atoms with E-state index in [1.54, 1.807) is 26.9 Å². The SMILES string of the molecule is C=CCN(C(=O)[C@H]1[C@H]2C(=O)N([C@@H](CO)CC(C)C)C(C(=O)N(CC=C)C(C)C)C23CC[C@]1(CC)O3)c1ccccc1. The fourth-order valence-corrected chi connectivity index (χ4v) is 7.60. The molecule has 0 aromatic heterocycles. The predicted octanol–water partition coefficient (Wildman–Crippen LogP) is 4.19. The molecule has 8 nitrogen and oxygen atoms in total. The number of nitrogens with zero attached hydrogens (tertiary/aromatic N) is 3. The van der Waals surface area contributed by atoms with Gasteiger partial charge in [-0.25, -0.2) is 0 Å². The number of benzene rings is 1. The summed E-state index contributed by atoms with van der Waals surface area (Å²) in [4.78, 5) is 48.7. The van der Waals surface area contributed by atoms with Crippen LogP contribution in [0.2, 0.25) is 0 Å². The van der Waals surface area contributed by atoms with Gasteiger partial charge in [-0.2, -0.15) is 0 Å². The summed E-state index contributed by atoms with van der Waals surface area (Å²) in [5.74, 6) is -2.09. The molecule has 41 heavy (non-hydrogen) atoms. The van der Waals surface area contributed by atoms with Gasteiger partial charge in [-0.1, -0.05) is 51.1 Å². The minimum absolute atomic E-state index is 0.136. The van der Waals surface area contributed by atoms with Gasteiger partial charge in [0.05, 0.1) is 30.1 Å². The van der Waals surface area contributed by atoms with E-state index >= 15 is 0 Å². The van der Waals surface area contributed by atoms with Crippen LogP contribution in [0.5, 0.6) is 0 Å². The Balaban J connectivity index is 1.88. The number of likely N-dealkylation sites (tertiary alicyclic amines) is 1. The minimum Gasteiger partial charge on any atom is -0.394 e. The Kier molecular flexibility index (Phi) is 9.14. The van der Waals surface area contributed by atoms with Crippen molar-refractivity contribution in [3.8, 4) is 0 Å². The van der Waals surface area contributed by atoms with Gasteiger partial charge in [0, 0.05) is 24.8 Å². The molecule has 1 N–H and O–H groups in total. The molecule has 3 saturated heterocycles. The summed E-state index contributed by atoms with van der Waals surface area (Å²) in [7, 11) is 0. The largest absolute Gasteiger partial charge is 0.394 e. The number of rotatable bonds is 13. The van der Waals surface area contributed by atoms with Crippen molar-refractivity contribution in [1.29, 1.82) is 0 Å². The minimum atomic E-state index is -1.15. The number of aliphatic hydroxyl groups excluding tert-OH is 1. The molecule has 0 saturated carbocycles. The van der Waals surface area contributed by atoms with E-state index in [4.69, 9.17) is 4.74 Å². The van der Waals surface area contributed by atoms with E-state index in [1.807, 2.05) is 65.0 Å². The number of carbonyl (C=O) groups is 3. The first-order chi connectivity index (χ1) is 19.5. The van der Waals surface area contributed by atoms with Gasteiger partial charge in [-0.05, 0) is 57.6 Å². The van der Waals surface area contributed by atoms with Crippen LogP contribution in [0, 0.1) is 17.8 Å².